The molecule has 2 nitrogen and oxygen atoms in total. The number of thioether (sulfide) groups is 1. The Hall–Kier alpha value is -0.410. The number of pyridine rings is 1. The molecule has 19 heavy (non-hydrogen) atoms. The molecule has 106 valence electrons. The lowest BCUT2D eigenvalue weighted by Crippen LogP contribution is -2.41. The highest BCUT2D eigenvalue weighted by molar-refractivity contribution is 8.00. The first-order valence-electron chi connectivity index (χ1n) is 7.08. The molecule has 1 aliphatic rings. The molecule has 2 unspecified atom stereocenters. The quantitative estimate of drug-likeness (QED) is 0.779. The Morgan fingerprint density at radius 2 is 2.00 bits per heavy atom. The van der Waals surface area contributed by atoms with Gasteiger partial charge in [-0.15, -0.1) is 11.6 Å². The molecule has 1 fully saturated rings. The van der Waals surface area contributed by atoms with Gasteiger partial charge in [-0.2, -0.15) is 11.8 Å². The summed E-state index contributed by atoms with van der Waals surface area (Å²) < 4.78 is 0. The zero-order valence-corrected chi connectivity index (χ0v) is 13.6. The van der Waals surface area contributed by atoms with E-state index in [1.165, 1.54) is 11.3 Å². The monoisotopic (exact) mass is 298 g/mol. The van der Waals surface area contributed by atoms with Crippen molar-refractivity contribution < 1.29 is 0 Å². The number of nitrogens with zero attached hydrogens (tertiary/aromatic N) is 2. The molecule has 0 saturated carbocycles. The molecule has 0 N–H and O–H groups in total. The van der Waals surface area contributed by atoms with Crippen LogP contribution in [0.5, 0.6) is 0 Å². The van der Waals surface area contributed by atoms with Crippen molar-refractivity contribution in [2.24, 2.45) is 0 Å². The van der Waals surface area contributed by atoms with Crippen LogP contribution in [0, 0.1) is 0 Å². The van der Waals surface area contributed by atoms with E-state index in [0.717, 1.165) is 31.7 Å². The van der Waals surface area contributed by atoms with E-state index in [9.17, 15) is 0 Å². The lowest BCUT2D eigenvalue weighted by atomic mass is 10.1. The molecule has 0 radical (unpaired) electrons. The largest absolute Gasteiger partial charge is 0.354 e. The minimum Gasteiger partial charge on any atom is -0.354 e. The van der Waals surface area contributed by atoms with Gasteiger partial charge in [0.1, 0.15) is 5.82 Å². The van der Waals surface area contributed by atoms with Crippen LogP contribution in [0.4, 0.5) is 5.82 Å². The maximum atomic E-state index is 6.02. The minimum atomic E-state index is 0.569. The summed E-state index contributed by atoms with van der Waals surface area (Å²) in [5.74, 6) is 1.68. The fraction of sp³-hybridized carbons (Fsp3) is 0.667. The van der Waals surface area contributed by atoms with Crippen LogP contribution < -0.4 is 4.90 Å². The molecule has 1 aromatic rings. The van der Waals surface area contributed by atoms with Crippen molar-refractivity contribution in [1.82, 2.24) is 4.98 Å². The lowest BCUT2D eigenvalue weighted by molar-refractivity contribution is 0.714. The van der Waals surface area contributed by atoms with Gasteiger partial charge in [0.2, 0.25) is 0 Å². The summed E-state index contributed by atoms with van der Waals surface area (Å²) in [4.78, 5) is 7.24. The first-order valence-corrected chi connectivity index (χ1v) is 8.56. The Labute approximate surface area is 125 Å². The minimum absolute atomic E-state index is 0.569. The second-order valence-electron chi connectivity index (χ2n) is 5.37. The maximum absolute atomic E-state index is 6.02. The highest BCUT2D eigenvalue weighted by atomic mass is 35.5. The van der Waals surface area contributed by atoms with E-state index in [1.807, 2.05) is 0 Å². The Bertz CT molecular complexity index is 415. The van der Waals surface area contributed by atoms with E-state index >= 15 is 0 Å². The predicted molar refractivity (Wildman–Crippen MR) is 86.5 cm³/mol. The van der Waals surface area contributed by atoms with Crippen molar-refractivity contribution in [3.8, 4) is 0 Å². The fourth-order valence-corrected chi connectivity index (χ4v) is 4.10. The van der Waals surface area contributed by atoms with Crippen LogP contribution in [0.1, 0.15) is 38.4 Å². The van der Waals surface area contributed by atoms with Gasteiger partial charge in [0.05, 0.1) is 0 Å². The smallest absolute Gasteiger partial charge is 0.129 e. The molecule has 0 amide bonds. The number of hydrogen-bond acceptors (Lipinski definition) is 3. The topological polar surface area (TPSA) is 16.1 Å². The van der Waals surface area contributed by atoms with Crippen molar-refractivity contribution in [3.05, 3.63) is 23.4 Å². The molecule has 2 heterocycles. The molecular weight excluding hydrogens is 276 g/mol. The van der Waals surface area contributed by atoms with Gasteiger partial charge in [-0.3, -0.25) is 0 Å². The molecule has 1 aromatic heterocycles. The molecule has 2 atom stereocenters. The Morgan fingerprint density at radius 1 is 1.32 bits per heavy atom. The van der Waals surface area contributed by atoms with Crippen LogP contribution >= 0.6 is 23.4 Å². The van der Waals surface area contributed by atoms with Crippen molar-refractivity contribution in [3.63, 3.8) is 0 Å². The molecular formula is C15H23ClN2S. The van der Waals surface area contributed by atoms with E-state index < -0.39 is 0 Å². The molecule has 2 rings (SSSR count). The Balaban J connectivity index is 2.24. The van der Waals surface area contributed by atoms with Crippen LogP contribution in [0.15, 0.2) is 12.1 Å². The van der Waals surface area contributed by atoms with Crippen molar-refractivity contribution in [2.45, 2.75) is 50.0 Å². The number of aromatic nitrogens is 1. The van der Waals surface area contributed by atoms with Gasteiger partial charge < -0.3 is 4.90 Å². The molecule has 0 spiro atoms. The third-order valence-electron chi connectivity index (χ3n) is 3.33. The average molecular weight is 299 g/mol. The number of alkyl halides is 1. The summed E-state index contributed by atoms with van der Waals surface area (Å²) in [5.41, 5.74) is 2.36. The van der Waals surface area contributed by atoms with Gasteiger partial charge in [-0.1, -0.05) is 27.2 Å². The zero-order valence-electron chi connectivity index (χ0n) is 12.0. The van der Waals surface area contributed by atoms with Crippen LogP contribution in [0.2, 0.25) is 0 Å². The van der Waals surface area contributed by atoms with Gasteiger partial charge >= 0.3 is 0 Å². The van der Waals surface area contributed by atoms with Crippen LogP contribution in [-0.2, 0) is 12.3 Å². The normalized spacial score (nSPS) is 23.7. The first-order chi connectivity index (χ1) is 9.12. The van der Waals surface area contributed by atoms with Gasteiger partial charge in [-0.05, 0) is 24.1 Å². The summed E-state index contributed by atoms with van der Waals surface area (Å²) in [6.07, 6.45) is 2.16. The van der Waals surface area contributed by atoms with E-state index in [1.54, 1.807) is 0 Å². The molecule has 0 bridgehead atoms. The van der Waals surface area contributed by atoms with E-state index in [2.05, 4.69) is 49.6 Å². The van der Waals surface area contributed by atoms with Crippen molar-refractivity contribution in [1.29, 1.82) is 0 Å². The second-order valence-corrected chi connectivity index (χ2v) is 7.52. The molecule has 1 aliphatic heterocycles. The Morgan fingerprint density at radius 3 is 2.58 bits per heavy atom. The van der Waals surface area contributed by atoms with Gasteiger partial charge in [0.25, 0.3) is 0 Å². The predicted octanol–water partition coefficient (Wildman–Crippen LogP) is 4.10. The van der Waals surface area contributed by atoms with Gasteiger partial charge in [-0.25, -0.2) is 4.98 Å². The average Bonchev–Trinajstić information content (AvgIpc) is 2.37. The number of rotatable bonds is 4. The lowest BCUT2D eigenvalue weighted by Gasteiger charge is -2.35. The van der Waals surface area contributed by atoms with E-state index in [4.69, 9.17) is 16.6 Å². The fourth-order valence-electron chi connectivity index (χ4n) is 2.62. The van der Waals surface area contributed by atoms with Crippen LogP contribution in [0.3, 0.4) is 0 Å². The summed E-state index contributed by atoms with van der Waals surface area (Å²) >= 11 is 8.09. The van der Waals surface area contributed by atoms with Gasteiger partial charge in [0, 0.05) is 35.2 Å². The number of anilines is 1. The first kappa shape index (κ1) is 15.0. The van der Waals surface area contributed by atoms with Crippen LogP contribution in [0.25, 0.3) is 0 Å². The maximum Gasteiger partial charge on any atom is 0.129 e. The van der Waals surface area contributed by atoms with E-state index in [0.29, 0.717) is 16.4 Å². The van der Waals surface area contributed by atoms with E-state index in [-0.39, 0.29) is 0 Å². The summed E-state index contributed by atoms with van der Waals surface area (Å²) in [5, 5.41) is 1.33. The van der Waals surface area contributed by atoms with Crippen molar-refractivity contribution in [2.75, 3.05) is 18.0 Å². The van der Waals surface area contributed by atoms with Crippen LogP contribution in [-0.4, -0.2) is 28.6 Å². The number of hydrogen-bond donors (Lipinski definition) is 0. The zero-order chi connectivity index (χ0) is 13.8. The number of halogens is 1. The Kier molecular flexibility index (Phi) is 5.40. The highest BCUT2D eigenvalue weighted by Crippen LogP contribution is 2.28. The summed E-state index contributed by atoms with van der Waals surface area (Å²) in [6, 6.07) is 4.30. The molecule has 0 aromatic carbocycles. The van der Waals surface area contributed by atoms with Crippen molar-refractivity contribution >= 4 is 29.2 Å². The standard InChI is InChI=1S/C15H23ClN2S/c1-4-5-14-6-13(8-16)7-15(17-14)18-9-11(2)19-12(3)10-18/h6-7,11-12H,4-5,8-10H2,1-3H3. The highest BCUT2D eigenvalue weighted by Gasteiger charge is 2.23. The summed E-state index contributed by atoms with van der Waals surface area (Å²) in [7, 11) is 0. The molecule has 1 saturated heterocycles. The third-order valence-corrected chi connectivity index (χ3v) is 4.86. The second kappa shape index (κ2) is 6.85. The SMILES string of the molecule is CCCc1cc(CCl)cc(N2CC(C)SC(C)C2)n1. The number of aryl methyl sites for hydroxylation is 1. The summed E-state index contributed by atoms with van der Waals surface area (Å²) in [6.45, 7) is 8.95. The van der Waals surface area contributed by atoms with Gasteiger partial charge in [0.15, 0.2) is 0 Å². The molecule has 0 aliphatic carbocycles. The molecule has 4 heteroatoms. The third kappa shape index (κ3) is 4.03.